The molecule has 0 aliphatic rings. The average Bonchev–Trinajstić information content (AvgIpc) is 3.25. The molecule has 0 unspecified atom stereocenters. The number of anilines is 2. The van der Waals surface area contributed by atoms with E-state index in [0.717, 1.165) is 22.3 Å². The topological polar surface area (TPSA) is 60.4 Å². The maximum absolute atomic E-state index is 11.8. The second-order valence-electron chi connectivity index (χ2n) is 4.55. The molecule has 23 heavy (non-hydrogen) atoms. The van der Waals surface area contributed by atoms with Crippen molar-refractivity contribution in [1.82, 2.24) is 4.98 Å². The van der Waals surface area contributed by atoms with E-state index in [1.165, 1.54) is 22.7 Å². The van der Waals surface area contributed by atoms with Crippen LogP contribution in [0.15, 0.2) is 47.2 Å². The Morgan fingerprint density at radius 3 is 2.74 bits per heavy atom. The third-order valence-electron chi connectivity index (χ3n) is 2.97. The first-order valence-corrected chi connectivity index (χ1v) is 8.56. The van der Waals surface area contributed by atoms with Crippen LogP contribution in [0.5, 0.6) is 5.75 Å². The molecule has 0 radical (unpaired) electrons. The van der Waals surface area contributed by atoms with Gasteiger partial charge in [-0.25, -0.2) is 9.78 Å². The van der Waals surface area contributed by atoms with Crippen LogP contribution in [-0.4, -0.2) is 18.1 Å². The average molecular weight is 346 g/mol. The molecule has 1 N–H and O–H groups in total. The van der Waals surface area contributed by atoms with Crippen molar-refractivity contribution in [2.75, 3.05) is 12.4 Å². The molecule has 0 fully saturated rings. The molecule has 3 rings (SSSR count). The molecule has 0 atom stereocenters. The number of benzene rings is 1. The fourth-order valence-corrected chi connectivity index (χ4v) is 3.17. The van der Waals surface area contributed by atoms with E-state index in [-0.39, 0.29) is 12.6 Å². The number of thiophene rings is 1. The number of hydrogen-bond acceptors (Lipinski definition) is 7. The number of methoxy groups -OCH3 is 1. The van der Waals surface area contributed by atoms with Gasteiger partial charge in [-0.2, -0.15) is 0 Å². The standard InChI is InChI=1S/C16H14N2O3S2/c1-20-13-6-4-11(5-7-13)17-16-18-12(10-23-16)9-21-15(19)14-3-2-8-22-14/h2-8,10H,9H2,1H3,(H,17,18). The zero-order valence-electron chi connectivity index (χ0n) is 12.3. The second kappa shape index (κ2) is 7.26. The van der Waals surface area contributed by atoms with Crippen LogP contribution in [0.3, 0.4) is 0 Å². The maximum atomic E-state index is 11.8. The summed E-state index contributed by atoms with van der Waals surface area (Å²) in [6.07, 6.45) is 0. The van der Waals surface area contributed by atoms with Gasteiger partial charge in [0.15, 0.2) is 5.13 Å². The predicted octanol–water partition coefficient (Wildman–Crippen LogP) is 4.31. The Bertz CT molecular complexity index is 767. The highest BCUT2D eigenvalue weighted by atomic mass is 32.1. The van der Waals surface area contributed by atoms with Gasteiger partial charge in [0, 0.05) is 11.1 Å². The summed E-state index contributed by atoms with van der Waals surface area (Å²) >= 11 is 2.82. The molecule has 0 saturated carbocycles. The van der Waals surface area contributed by atoms with Crippen molar-refractivity contribution in [3.8, 4) is 5.75 Å². The molecule has 2 aromatic heterocycles. The highest BCUT2D eigenvalue weighted by Gasteiger charge is 2.10. The molecular weight excluding hydrogens is 332 g/mol. The number of nitrogens with one attached hydrogen (secondary N) is 1. The summed E-state index contributed by atoms with van der Waals surface area (Å²) in [6, 6.07) is 11.1. The molecule has 0 aliphatic heterocycles. The van der Waals surface area contributed by atoms with Crippen LogP contribution in [-0.2, 0) is 11.3 Å². The molecular formula is C16H14N2O3S2. The van der Waals surface area contributed by atoms with Crippen LogP contribution in [0.25, 0.3) is 0 Å². The number of hydrogen-bond donors (Lipinski definition) is 1. The molecule has 7 heteroatoms. The van der Waals surface area contributed by atoms with Gasteiger partial charge in [0.25, 0.3) is 0 Å². The number of aromatic nitrogens is 1. The predicted molar refractivity (Wildman–Crippen MR) is 91.8 cm³/mol. The van der Waals surface area contributed by atoms with Crippen LogP contribution in [0.1, 0.15) is 15.4 Å². The van der Waals surface area contributed by atoms with Crippen molar-refractivity contribution in [2.24, 2.45) is 0 Å². The molecule has 1 aromatic carbocycles. The van der Waals surface area contributed by atoms with Gasteiger partial charge in [-0.15, -0.1) is 22.7 Å². The van der Waals surface area contributed by atoms with Gasteiger partial charge in [-0.1, -0.05) is 6.07 Å². The number of carbonyl (C=O) groups excluding carboxylic acids is 1. The van der Waals surface area contributed by atoms with Gasteiger partial charge in [0.05, 0.1) is 12.8 Å². The summed E-state index contributed by atoms with van der Waals surface area (Å²) < 4.78 is 10.4. The van der Waals surface area contributed by atoms with Gasteiger partial charge in [-0.3, -0.25) is 0 Å². The van der Waals surface area contributed by atoms with Crippen molar-refractivity contribution in [3.63, 3.8) is 0 Å². The Morgan fingerprint density at radius 1 is 1.22 bits per heavy atom. The lowest BCUT2D eigenvalue weighted by Gasteiger charge is -2.04. The Hall–Kier alpha value is -2.38. The third-order valence-corrected chi connectivity index (χ3v) is 4.62. The number of esters is 1. The van der Waals surface area contributed by atoms with Crippen molar-refractivity contribution in [1.29, 1.82) is 0 Å². The number of thiazole rings is 1. The first kappa shape index (κ1) is 15.5. The quantitative estimate of drug-likeness (QED) is 0.674. The molecule has 0 amide bonds. The van der Waals surface area contributed by atoms with Gasteiger partial charge in [-0.05, 0) is 35.7 Å². The molecule has 118 valence electrons. The van der Waals surface area contributed by atoms with Crippen molar-refractivity contribution >= 4 is 39.5 Å². The molecule has 0 bridgehead atoms. The summed E-state index contributed by atoms with van der Waals surface area (Å²) in [5.41, 5.74) is 1.64. The zero-order chi connectivity index (χ0) is 16.1. The third kappa shape index (κ3) is 4.08. The first-order chi connectivity index (χ1) is 11.2. The first-order valence-electron chi connectivity index (χ1n) is 6.81. The largest absolute Gasteiger partial charge is 0.497 e. The van der Waals surface area contributed by atoms with E-state index < -0.39 is 0 Å². The minimum atomic E-state index is -0.322. The van der Waals surface area contributed by atoms with Crippen LogP contribution in [0.4, 0.5) is 10.8 Å². The lowest BCUT2D eigenvalue weighted by Crippen LogP contribution is -2.03. The molecule has 3 aromatic rings. The molecule has 0 aliphatic carbocycles. The van der Waals surface area contributed by atoms with E-state index in [2.05, 4.69) is 10.3 Å². The van der Waals surface area contributed by atoms with Gasteiger partial charge in [0.1, 0.15) is 17.2 Å². The second-order valence-corrected chi connectivity index (χ2v) is 6.36. The van der Waals surface area contributed by atoms with Crippen molar-refractivity contribution in [2.45, 2.75) is 6.61 Å². The SMILES string of the molecule is COc1ccc(Nc2nc(COC(=O)c3cccs3)cs2)cc1. The normalized spacial score (nSPS) is 10.3. The van der Waals surface area contributed by atoms with E-state index in [0.29, 0.717) is 4.88 Å². The lowest BCUT2D eigenvalue weighted by atomic mass is 10.3. The van der Waals surface area contributed by atoms with Gasteiger partial charge < -0.3 is 14.8 Å². The van der Waals surface area contributed by atoms with Crippen LogP contribution in [0, 0.1) is 0 Å². The van der Waals surface area contributed by atoms with Gasteiger partial charge >= 0.3 is 5.97 Å². The fourth-order valence-electron chi connectivity index (χ4n) is 1.83. The molecule has 5 nitrogen and oxygen atoms in total. The van der Waals surface area contributed by atoms with E-state index in [4.69, 9.17) is 9.47 Å². The number of ether oxygens (including phenoxy) is 2. The van der Waals surface area contributed by atoms with Crippen LogP contribution < -0.4 is 10.1 Å². The minimum Gasteiger partial charge on any atom is -0.497 e. The van der Waals surface area contributed by atoms with Crippen molar-refractivity contribution < 1.29 is 14.3 Å². The maximum Gasteiger partial charge on any atom is 0.348 e. The van der Waals surface area contributed by atoms with Crippen LogP contribution in [0.2, 0.25) is 0 Å². The summed E-state index contributed by atoms with van der Waals surface area (Å²) in [4.78, 5) is 16.8. The van der Waals surface area contributed by atoms with Crippen molar-refractivity contribution in [3.05, 3.63) is 57.7 Å². The fraction of sp³-hybridized carbons (Fsp3) is 0.125. The Morgan fingerprint density at radius 2 is 2.04 bits per heavy atom. The molecule has 0 spiro atoms. The lowest BCUT2D eigenvalue weighted by molar-refractivity contribution is 0.0474. The summed E-state index contributed by atoms with van der Waals surface area (Å²) in [6.45, 7) is 0.164. The minimum absolute atomic E-state index is 0.164. The number of rotatable bonds is 6. The molecule has 2 heterocycles. The highest BCUT2D eigenvalue weighted by Crippen LogP contribution is 2.23. The Balaban J connectivity index is 1.56. The monoisotopic (exact) mass is 346 g/mol. The van der Waals surface area contributed by atoms with E-state index >= 15 is 0 Å². The van der Waals surface area contributed by atoms with Crippen LogP contribution >= 0.6 is 22.7 Å². The summed E-state index contributed by atoms with van der Waals surface area (Å²) in [5.74, 6) is 0.480. The Kier molecular flexibility index (Phi) is 4.89. The van der Waals surface area contributed by atoms with E-state index in [1.807, 2.05) is 41.1 Å². The smallest absolute Gasteiger partial charge is 0.348 e. The summed E-state index contributed by atoms with van der Waals surface area (Å²) in [5, 5.41) is 7.66. The van der Waals surface area contributed by atoms with E-state index in [9.17, 15) is 4.79 Å². The summed E-state index contributed by atoms with van der Waals surface area (Å²) in [7, 11) is 1.63. The van der Waals surface area contributed by atoms with Gasteiger partial charge in [0.2, 0.25) is 0 Å². The number of carbonyl (C=O) groups is 1. The van der Waals surface area contributed by atoms with E-state index in [1.54, 1.807) is 13.2 Å². The zero-order valence-corrected chi connectivity index (χ0v) is 13.9. The Labute approximate surface area is 141 Å². The number of nitrogens with zero attached hydrogens (tertiary/aromatic N) is 1. The highest BCUT2D eigenvalue weighted by molar-refractivity contribution is 7.13. The molecule has 0 saturated heterocycles.